The number of hydrogen-bond acceptors (Lipinski definition) is 5. The second kappa shape index (κ2) is 13.1. The Morgan fingerprint density at radius 1 is 1.15 bits per heavy atom. The van der Waals surface area contributed by atoms with Gasteiger partial charge in [-0.15, -0.1) is 0 Å². The third-order valence-electron chi connectivity index (χ3n) is 9.04. The Kier molecular flexibility index (Phi) is 9.76. The fourth-order valence-corrected chi connectivity index (χ4v) is 6.75. The number of aliphatic imine (C=N–C) groups is 1. The summed E-state index contributed by atoms with van der Waals surface area (Å²) < 4.78 is 11.5. The summed E-state index contributed by atoms with van der Waals surface area (Å²) in [7, 11) is 1.48. The van der Waals surface area contributed by atoms with Crippen molar-refractivity contribution in [2.45, 2.75) is 85.5 Å². The van der Waals surface area contributed by atoms with Crippen LogP contribution in [0.25, 0.3) is 0 Å². The SMILES string of the molecule is C=C/C(=N\C(=C/C)NC1=C(C2=CC=C(OC[C@H]3CCCC[C@@H]3C(=O)OC)C(C)(C)C2)C(=C)C=C1C)C1CCCC1. The van der Waals surface area contributed by atoms with Gasteiger partial charge in [-0.1, -0.05) is 58.8 Å². The molecule has 0 aromatic heterocycles. The fraction of sp³-hybridized carbons (Fsp3) is 0.543. The first-order valence-corrected chi connectivity index (χ1v) is 15.1. The van der Waals surface area contributed by atoms with Crippen molar-refractivity contribution in [2.24, 2.45) is 28.2 Å². The summed E-state index contributed by atoms with van der Waals surface area (Å²) in [5, 5.41) is 3.65. The molecule has 5 heteroatoms. The van der Waals surface area contributed by atoms with Gasteiger partial charge in [0.1, 0.15) is 11.6 Å². The van der Waals surface area contributed by atoms with Gasteiger partial charge in [-0.2, -0.15) is 0 Å². The van der Waals surface area contributed by atoms with Crippen LogP contribution in [0.4, 0.5) is 0 Å². The molecular formula is C35H48N2O3. The molecule has 4 rings (SSSR count). The van der Waals surface area contributed by atoms with Gasteiger partial charge in [-0.05, 0) is 87.0 Å². The summed E-state index contributed by atoms with van der Waals surface area (Å²) in [5.74, 6) is 2.35. The highest BCUT2D eigenvalue weighted by Gasteiger charge is 2.36. The van der Waals surface area contributed by atoms with E-state index in [2.05, 4.69) is 57.5 Å². The van der Waals surface area contributed by atoms with Crippen LogP contribution in [0.15, 0.2) is 88.1 Å². The first kappa shape index (κ1) is 29.9. The number of carbonyl (C=O) groups is 1. The minimum atomic E-state index is -0.186. The molecule has 216 valence electrons. The number of methoxy groups -OCH3 is 1. The second-order valence-corrected chi connectivity index (χ2v) is 12.4. The Labute approximate surface area is 241 Å². The van der Waals surface area contributed by atoms with Crippen LogP contribution in [0.1, 0.15) is 85.5 Å². The molecule has 5 nitrogen and oxygen atoms in total. The maximum atomic E-state index is 12.3. The van der Waals surface area contributed by atoms with Gasteiger partial charge >= 0.3 is 5.97 Å². The third-order valence-corrected chi connectivity index (χ3v) is 9.04. The molecule has 0 unspecified atom stereocenters. The first-order chi connectivity index (χ1) is 19.2. The molecule has 4 aliphatic rings. The lowest BCUT2D eigenvalue weighted by atomic mass is 9.76. The van der Waals surface area contributed by atoms with Crippen LogP contribution in [0.3, 0.4) is 0 Å². The van der Waals surface area contributed by atoms with Gasteiger partial charge in [-0.3, -0.25) is 4.79 Å². The van der Waals surface area contributed by atoms with Gasteiger partial charge in [0.05, 0.1) is 25.3 Å². The van der Waals surface area contributed by atoms with Crippen molar-refractivity contribution < 1.29 is 14.3 Å². The second-order valence-electron chi connectivity index (χ2n) is 12.4. The van der Waals surface area contributed by atoms with E-state index in [9.17, 15) is 4.79 Å². The molecule has 0 aromatic carbocycles. The number of nitrogens with zero attached hydrogens (tertiary/aromatic N) is 1. The van der Waals surface area contributed by atoms with Gasteiger partial charge < -0.3 is 14.8 Å². The number of esters is 1. The van der Waals surface area contributed by atoms with E-state index in [1.807, 2.05) is 19.1 Å². The third kappa shape index (κ3) is 6.62. The molecule has 4 aliphatic carbocycles. The molecule has 0 bridgehead atoms. The zero-order valence-corrected chi connectivity index (χ0v) is 25.3. The average molecular weight is 545 g/mol. The summed E-state index contributed by atoms with van der Waals surface area (Å²) in [6, 6.07) is 0. The van der Waals surface area contributed by atoms with Crippen LogP contribution in [0, 0.1) is 23.2 Å². The maximum absolute atomic E-state index is 12.3. The maximum Gasteiger partial charge on any atom is 0.309 e. The van der Waals surface area contributed by atoms with E-state index in [4.69, 9.17) is 14.5 Å². The number of rotatable bonds is 10. The highest BCUT2D eigenvalue weighted by atomic mass is 16.5. The Balaban J connectivity index is 1.55. The van der Waals surface area contributed by atoms with Gasteiger partial charge in [0, 0.05) is 28.5 Å². The van der Waals surface area contributed by atoms with Crippen molar-refractivity contribution in [3.63, 3.8) is 0 Å². The predicted molar refractivity (Wildman–Crippen MR) is 164 cm³/mol. The van der Waals surface area contributed by atoms with E-state index in [1.165, 1.54) is 38.4 Å². The van der Waals surface area contributed by atoms with Crippen molar-refractivity contribution in [1.82, 2.24) is 5.32 Å². The molecular weight excluding hydrogens is 496 g/mol. The first-order valence-electron chi connectivity index (χ1n) is 15.1. The zero-order chi connectivity index (χ0) is 28.9. The molecule has 0 radical (unpaired) electrons. The molecule has 2 atom stereocenters. The number of allylic oxidation sites excluding steroid dienone is 10. The van der Waals surface area contributed by atoms with Crippen LogP contribution >= 0.6 is 0 Å². The van der Waals surface area contributed by atoms with Crippen molar-refractivity contribution in [3.05, 3.63) is 83.1 Å². The topological polar surface area (TPSA) is 59.9 Å². The van der Waals surface area contributed by atoms with E-state index in [-0.39, 0.29) is 23.2 Å². The lowest BCUT2D eigenvalue weighted by molar-refractivity contribution is -0.149. The van der Waals surface area contributed by atoms with Crippen LogP contribution in [0.2, 0.25) is 0 Å². The minimum Gasteiger partial charge on any atom is -0.497 e. The van der Waals surface area contributed by atoms with E-state index in [0.717, 1.165) is 71.8 Å². The smallest absolute Gasteiger partial charge is 0.309 e. The molecule has 0 aliphatic heterocycles. The molecule has 0 amide bonds. The monoisotopic (exact) mass is 544 g/mol. The predicted octanol–water partition coefficient (Wildman–Crippen LogP) is 8.26. The van der Waals surface area contributed by atoms with Gasteiger partial charge in [0.15, 0.2) is 0 Å². The average Bonchev–Trinajstić information content (AvgIpc) is 3.57. The normalized spacial score (nSPS) is 25.8. The number of ether oxygens (including phenoxy) is 2. The molecule has 1 N–H and O–H groups in total. The Hall–Kier alpha value is -3.08. The fourth-order valence-electron chi connectivity index (χ4n) is 6.75. The number of nitrogens with one attached hydrogen (secondary N) is 1. The Morgan fingerprint density at radius 2 is 1.85 bits per heavy atom. The molecule has 40 heavy (non-hydrogen) atoms. The van der Waals surface area contributed by atoms with Crippen molar-refractivity contribution in [3.8, 4) is 0 Å². The molecule has 0 spiro atoms. The van der Waals surface area contributed by atoms with Crippen LogP contribution < -0.4 is 5.32 Å². The minimum absolute atomic E-state index is 0.0643. The van der Waals surface area contributed by atoms with Gasteiger partial charge in [-0.25, -0.2) is 4.99 Å². The lowest BCUT2D eigenvalue weighted by Crippen LogP contribution is -2.32. The van der Waals surface area contributed by atoms with Crippen molar-refractivity contribution >= 4 is 11.7 Å². The van der Waals surface area contributed by atoms with E-state index < -0.39 is 0 Å². The molecule has 2 saturated carbocycles. The summed E-state index contributed by atoms with van der Waals surface area (Å²) in [4.78, 5) is 17.3. The standard InChI is InChI=1S/C35H48N2O3/c1-8-29(25-14-10-11-15-25)36-31(9-2)37-33-24(4)20-23(3)32(33)26-18-19-30(35(5,6)21-26)40-22-27-16-12-13-17-28(27)34(38)39-7/h8-9,18-20,25,27-28,37H,1,3,10-17,21-22H2,2,4-7H3/b31-9+,36-29+/t27-,28+/m1/s1. The van der Waals surface area contributed by atoms with Crippen molar-refractivity contribution in [2.75, 3.05) is 13.7 Å². The Bertz CT molecular complexity index is 1200. The van der Waals surface area contributed by atoms with Crippen molar-refractivity contribution in [1.29, 1.82) is 0 Å². The number of hydrogen-bond donors (Lipinski definition) is 1. The zero-order valence-electron chi connectivity index (χ0n) is 25.3. The molecule has 2 fully saturated rings. The largest absolute Gasteiger partial charge is 0.497 e. The number of carbonyl (C=O) groups excluding carboxylic acids is 1. The van der Waals surface area contributed by atoms with E-state index in [0.29, 0.717) is 12.5 Å². The quantitative estimate of drug-likeness (QED) is 0.222. The molecule has 0 heterocycles. The molecule has 0 aromatic rings. The van der Waals surface area contributed by atoms with Crippen LogP contribution in [-0.4, -0.2) is 25.4 Å². The van der Waals surface area contributed by atoms with Crippen LogP contribution in [-0.2, 0) is 14.3 Å². The van der Waals surface area contributed by atoms with Crippen LogP contribution in [0.5, 0.6) is 0 Å². The van der Waals surface area contributed by atoms with Gasteiger partial charge in [0.2, 0.25) is 0 Å². The summed E-state index contributed by atoms with van der Waals surface area (Å²) in [6.07, 6.45) is 20.3. The van der Waals surface area contributed by atoms with E-state index in [1.54, 1.807) is 0 Å². The highest BCUT2D eigenvalue weighted by molar-refractivity contribution is 5.97. The lowest BCUT2D eigenvalue weighted by Gasteiger charge is -2.35. The summed E-state index contributed by atoms with van der Waals surface area (Å²) >= 11 is 0. The summed E-state index contributed by atoms with van der Waals surface area (Å²) in [5.41, 5.74) is 6.52. The Morgan fingerprint density at radius 3 is 2.50 bits per heavy atom. The van der Waals surface area contributed by atoms with E-state index >= 15 is 0 Å². The van der Waals surface area contributed by atoms with Gasteiger partial charge in [0.25, 0.3) is 0 Å². The summed E-state index contributed by atoms with van der Waals surface area (Å²) in [6.45, 7) is 17.6. The molecule has 0 saturated heterocycles. The highest BCUT2D eigenvalue weighted by Crippen LogP contribution is 2.45.